The molecule has 6 bridgehead atoms. The number of methoxy groups -OCH3 is 3. The molecule has 5 unspecified atom stereocenters. The Bertz CT molecular complexity index is 835. The number of hydrogen-bond acceptors (Lipinski definition) is 9. The molecule has 9 heteroatoms. The van der Waals surface area contributed by atoms with E-state index in [2.05, 4.69) is 0 Å². The summed E-state index contributed by atoms with van der Waals surface area (Å²) >= 11 is 6.98. The Kier molecular flexibility index (Phi) is 3.59. The summed E-state index contributed by atoms with van der Waals surface area (Å²) in [6.45, 7) is 0. The van der Waals surface area contributed by atoms with E-state index in [1.54, 1.807) is 6.26 Å². The Morgan fingerprint density at radius 3 is 2.31 bits per heavy atom. The van der Waals surface area contributed by atoms with Gasteiger partial charge in [0.25, 0.3) is 0 Å². The quantitative estimate of drug-likeness (QED) is 0.295. The number of piperidine rings is 1. The largest absolute Gasteiger partial charge is 0.468 e. The molecule has 0 aromatic rings. The van der Waals surface area contributed by atoms with Crippen molar-refractivity contribution < 1.29 is 28.6 Å². The number of carbonyl (C=O) groups excluding carboxylic acids is 3. The molecule has 5 atom stereocenters. The predicted molar refractivity (Wildman–Crippen MR) is 96.1 cm³/mol. The van der Waals surface area contributed by atoms with Crippen LogP contribution in [-0.2, 0) is 28.6 Å². The topological polar surface area (TPSA) is 82.1 Å². The van der Waals surface area contributed by atoms with Crippen LogP contribution in [0.5, 0.6) is 0 Å². The minimum atomic E-state index is -1.38. The van der Waals surface area contributed by atoms with E-state index >= 15 is 0 Å². The molecular formula is C17H17NO6S2. The van der Waals surface area contributed by atoms with Gasteiger partial charge in [-0.1, -0.05) is 24.4 Å². The van der Waals surface area contributed by atoms with E-state index < -0.39 is 34.8 Å². The highest BCUT2D eigenvalue weighted by atomic mass is 32.2. The van der Waals surface area contributed by atoms with Gasteiger partial charge in [0.1, 0.15) is 16.5 Å². The normalized spacial score (nSPS) is 38.2. The van der Waals surface area contributed by atoms with E-state index in [0.717, 1.165) is 0 Å². The molecule has 0 aromatic heterocycles. The van der Waals surface area contributed by atoms with E-state index in [4.69, 9.17) is 26.4 Å². The van der Waals surface area contributed by atoms with Gasteiger partial charge in [-0.2, -0.15) is 0 Å². The van der Waals surface area contributed by atoms with Crippen LogP contribution < -0.4 is 0 Å². The van der Waals surface area contributed by atoms with Crippen LogP contribution in [0.2, 0.25) is 0 Å². The molecule has 2 aliphatic carbocycles. The first-order valence-corrected chi connectivity index (χ1v) is 9.59. The molecular weight excluding hydrogens is 378 g/mol. The van der Waals surface area contributed by atoms with Crippen LogP contribution in [-0.4, -0.2) is 67.3 Å². The average Bonchev–Trinajstić information content (AvgIpc) is 3.33. The number of ether oxygens (including phenoxy) is 3. The van der Waals surface area contributed by atoms with Gasteiger partial charge in [-0.25, -0.2) is 4.79 Å². The van der Waals surface area contributed by atoms with Crippen molar-refractivity contribution in [3.8, 4) is 0 Å². The van der Waals surface area contributed by atoms with Gasteiger partial charge in [-0.3, -0.25) is 9.59 Å². The minimum absolute atomic E-state index is 0.248. The predicted octanol–water partition coefficient (Wildman–Crippen LogP) is 0.689. The molecule has 0 radical (unpaired) electrons. The second-order valence-corrected chi connectivity index (χ2v) is 7.80. The van der Waals surface area contributed by atoms with E-state index in [1.807, 2.05) is 17.1 Å². The zero-order valence-electron chi connectivity index (χ0n) is 14.6. The molecule has 0 spiro atoms. The summed E-state index contributed by atoms with van der Waals surface area (Å²) in [6, 6.07) is -0.970. The third-order valence-electron chi connectivity index (χ3n) is 6.07. The summed E-state index contributed by atoms with van der Waals surface area (Å²) in [5.74, 6) is -1.90. The SMILES string of the molecule is COC(=O)C1=C(SC)C(=S)C2(C(=O)OC)C3C=CC4C(N13)C42C(=O)OC. The molecule has 0 amide bonds. The van der Waals surface area contributed by atoms with E-state index in [-0.39, 0.29) is 16.8 Å². The first-order chi connectivity index (χ1) is 12.4. The van der Waals surface area contributed by atoms with Gasteiger partial charge >= 0.3 is 17.9 Å². The van der Waals surface area contributed by atoms with E-state index in [0.29, 0.717) is 10.6 Å². The number of thioether (sulfide) groups is 1. The smallest absolute Gasteiger partial charge is 0.355 e. The fourth-order valence-electron chi connectivity index (χ4n) is 5.25. The van der Waals surface area contributed by atoms with Crippen LogP contribution in [0.15, 0.2) is 22.8 Å². The van der Waals surface area contributed by atoms with Crippen LogP contribution in [0.3, 0.4) is 0 Å². The molecule has 2 fully saturated rings. The summed E-state index contributed by atoms with van der Waals surface area (Å²) < 4.78 is 15.2. The molecule has 5 aliphatic rings. The molecule has 26 heavy (non-hydrogen) atoms. The highest BCUT2D eigenvalue weighted by molar-refractivity contribution is 8.04. The van der Waals surface area contributed by atoms with Gasteiger partial charge in [0.15, 0.2) is 0 Å². The molecule has 0 aromatic carbocycles. The van der Waals surface area contributed by atoms with Crippen molar-refractivity contribution in [3.05, 3.63) is 22.8 Å². The maximum atomic E-state index is 13.1. The number of nitrogens with zero attached hydrogens (tertiary/aromatic N) is 1. The molecule has 138 valence electrons. The zero-order chi connectivity index (χ0) is 19.0. The lowest BCUT2D eigenvalue weighted by Gasteiger charge is -2.48. The van der Waals surface area contributed by atoms with Gasteiger partial charge in [-0.05, 0) is 6.26 Å². The minimum Gasteiger partial charge on any atom is -0.468 e. The lowest BCUT2D eigenvalue weighted by molar-refractivity contribution is -0.164. The van der Waals surface area contributed by atoms with Gasteiger partial charge in [0, 0.05) is 5.92 Å². The van der Waals surface area contributed by atoms with E-state index in [1.165, 1.54) is 33.1 Å². The number of carbonyl (C=O) groups is 3. The van der Waals surface area contributed by atoms with Crippen LogP contribution in [0.25, 0.3) is 0 Å². The van der Waals surface area contributed by atoms with Crippen molar-refractivity contribution in [2.75, 3.05) is 27.6 Å². The van der Waals surface area contributed by atoms with Crippen LogP contribution in [0.4, 0.5) is 0 Å². The third kappa shape index (κ3) is 1.46. The second-order valence-electron chi connectivity index (χ2n) is 6.57. The third-order valence-corrected chi connectivity index (χ3v) is 7.53. The summed E-state index contributed by atoms with van der Waals surface area (Å²) in [6.07, 6.45) is 5.51. The van der Waals surface area contributed by atoms with Crippen LogP contribution >= 0.6 is 24.0 Å². The van der Waals surface area contributed by atoms with Gasteiger partial charge < -0.3 is 19.1 Å². The monoisotopic (exact) mass is 395 g/mol. The van der Waals surface area contributed by atoms with Crippen LogP contribution in [0, 0.1) is 16.7 Å². The number of esters is 3. The molecule has 3 aliphatic heterocycles. The summed E-state index contributed by atoms with van der Waals surface area (Å²) in [5.41, 5.74) is -2.26. The maximum Gasteiger partial charge on any atom is 0.355 e. The van der Waals surface area contributed by atoms with Crippen molar-refractivity contribution in [1.29, 1.82) is 0 Å². The summed E-state index contributed by atoms with van der Waals surface area (Å²) in [5, 5.41) is 0. The van der Waals surface area contributed by atoms with Gasteiger partial charge in [0.2, 0.25) is 0 Å². The number of allylic oxidation sites excluding steroid dienone is 1. The lowest BCUT2D eigenvalue weighted by atomic mass is 9.61. The molecule has 3 heterocycles. The maximum absolute atomic E-state index is 13.1. The van der Waals surface area contributed by atoms with Crippen molar-refractivity contribution in [1.82, 2.24) is 4.90 Å². The highest BCUT2D eigenvalue weighted by Crippen LogP contribution is 2.79. The average molecular weight is 395 g/mol. The van der Waals surface area contributed by atoms with Gasteiger partial charge in [-0.15, -0.1) is 11.8 Å². The Labute approximate surface area is 159 Å². The molecule has 7 nitrogen and oxygen atoms in total. The van der Waals surface area contributed by atoms with E-state index in [9.17, 15) is 14.4 Å². The molecule has 1 saturated carbocycles. The van der Waals surface area contributed by atoms with Crippen molar-refractivity contribution >= 4 is 46.8 Å². The molecule has 1 saturated heterocycles. The second kappa shape index (κ2) is 5.32. The Morgan fingerprint density at radius 2 is 1.77 bits per heavy atom. The van der Waals surface area contributed by atoms with Crippen molar-refractivity contribution in [3.63, 3.8) is 0 Å². The standard InChI is InChI=1S/C17H17NO6S2/c1-22-13(19)9-10(26-4)12(25)17(15(21)24-3)8-6-5-7-11(18(8)9)16(7,17)14(20)23-2/h5-8,11H,1-4H3. The Balaban J connectivity index is 2.06. The molecule has 0 N–H and O–H groups in total. The highest BCUT2D eigenvalue weighted by Gasteiger charge is 2.93. The van der Waals surface area contributed by atoms with Crippen molar-refractivity contribution in [2.24, 2.45) is 16.7 Å². The molecule has 5 rings (SSSR count). The fraction of sp³-hybridized carbons (Fsp3) is 0.529. The number of rotatable bonds is 4. The first kappa shape index (κ1) is 17.5. The number of hydrogen-bond donors (Lipinski definition) is 0. The van der Waals surface area contributed by atoms with Crippen LogP contribution in [0.1, 0.15) is 0 Å². The lowest BCUT2D eigenvalue weighted by Crippen LogP contribution is -2.62. The Hall–Kier alpha value is -1.87. The summed E-state index contributed by atoms with van der Waals surface area (Å²) in [7, 11) is 3.86. The first-order valence-electron chi connectivity index (χ1n) is 7.96. The number of thiocarbonyl (C=S) groups is 1. The summed E-state index contributed by atoms with van der Waals surface area (Å²) in [4.78, 5) is 41.1. The van der Waals surface area contributed by atoms with Crippen molar-refractivity contribution in [2.45, 2.75) is 12.1 Å². The zero-order valence-corrected chi connectivity index (χ0v) is 16.2. The Morgan fingerprint density at radius 1 is 1.12 bits per heavy atom. The fourth-order valence-corrected chi connectivity index (χ4v) is 6.70. The van der Waals surface area contributed by atoms with Gasteiger partial charge in [0.05, 0.1) is 43.2 Å².